The van der Waals surface area contributed by atoms with Crippen LogP contribution in [0.15, 0.2) is 17.3 Å². The molecule has 4 nitrogen and oxygen atoms in total. The minimum atomic E-state index is 0.510. The van der Waals surface area contributed by atoms with E-state index < -0.39 is 0 Å². The molecule has 0 unspecified atom stereocenters. The third kappa shape index (κ3) is 1.78. The number of aliphatic imine (C=N–C) groups is 1. The molecular formula is C8H14N4. The van der Waals surface area contributed by atoms with Crippen molar-refractivity contribution in [2.24, 2.45) is 10.7 Å². The second kappa shape index (κ2) is 3.80. The van der Waals surface area contributed by atoms with E-state index in [9.17, 15) is 0 Å². The van der Waals surface area contributed by atoms with Crippen LogP contribution in [0.2, 0.25) is 0 Å². The highest BCUT2D eigenvalue weighted by molar-refractivity contribution is 6.01. The second-order valence-electron chi connectivity index (χ2n) is 2.57. The molecule has 0 saturated carbocycles. The molecule has 1 rings (SSSR count). The maximum Gasteiger partial charge on any atom is 0.129 e. The summed E-state index contributed by atoms with van der Waals surface area (Å²) in [5, 5.41) is 0. The predicted molar refractivity (Wildman–Crippen MR) is 51.1 cm³/mol. The number of anilines is 1. The van der Waals surface area contributed by atoms with E-state index in [1.54, 1.807) is 6.20 Å². The Balaban J connectivity index is 2.77. The van der Waals surface area contributed by atoms with Gasteiger partial charge in [-0.15, -0.1) is 0 Å². The van der Waals surface area contributed by atoms with Crippen LogP contribution < -0.4 is 11.5 Å². The smallest absolute Gasteiger partial charge is 0.129 e. The lowest BCUT2D eigenvalue weighted by Crippen LogP contribution is -2.14. The van der Waals surface area contributed by atoms with Gasteiger partial charge in [0.2, 0.25) is 0 Å². The van der Waals surface area contributed by atoms with Crippen molar-refractivity contribution in [3.63, 3.8) is 0 Å². The molecule has 0 aliphatic carbocycles. The number of aromatic amines is 1. The SMILES string of the molecule is CCCN=C(N)c1cc[nH]c1N. The Morgan fingerprint density at radius 2 is 2.42 bits per heavy atom. The van der Waals surface area contributed by atoms with Crippen LogP contribution in [0.4, 0.5) is 5.82 Å². The first-order chi connectivity index (χ1) is 5.75. The molecule has 0 amide bonds. The normalized spacial score (nSPS) is 11.9. The molecule has 0 fully saturated rings. The third-order valence-corrected chi connectivity index (χ3v) is 1.56. The molecule has 0 atom stereocenters. The Hall–Kier alpha value is -1.45. The number of nitrogens with zero attached hydrogens (tertiary/aromatic N) is 1. The Kier molecular flexibility index (Phi) is 2.74. The number of rotatable bonds is 3. The van der Waals surface area contributed by atoms with Crippen molar-refractivity contribution in [1.29, 1.82) is 0 Å². The lowest BCUT2D eigenvalue weighted by Gasteiger charge is -1.97. The summed E-state index contributed by atoms with van der Waals surface area (Å²) in [6.07, 6.45) is 2.74. The van der Waals surface area contributed by atoms with Gasteiger partial charge in [0.1, 0.15) is 11.7 Å². The fourth-order valence-corrected chi connectivity index (χ4v) is 0.923. The molecule has 1 heterocycles. The molecule has 0 aromatic carbocycles. The van der Waals surface area contributed by atoms with Crippen molar-refractivity contribution in [3.8, 4) is 0 Å². The van der Waals surface area contributed by atoms with Gasteiger partial charge in [-0.25, -0.2) is 0 Å². The van der Waals surface area contributed by atoms with Gasteiger partial charge in [-0.3, -0.25) is 4.99 Å². The van der Waals surface area contributed by atoms with Gasteiger partial charge in [0.15, 0.2) is 0 Å². The lowest BCUT2D eigenvalue weighted by atomic mass is 10.3. The zero-order valence-electron chi connectivity index (χ0n) is 7.17. The fraction of sp³-hybridized carbons (Fsp3) is 0.375. The number of H-pyrrole nitrogens is 1. The minimum Gasteiger partial charge on any atom is -0.385 e. The van der Waals surface area contributed by atoms with Crippen LogP contribution >= 0.6 is 0 Å². The second-order valence-corrected chi connectivity index (χ2v) is 2.57. The number of nitrogens with two attached hydrogens (primary N) is 2. The van der Waals surface area contributed by atoms with E-state index in [-0.39, 0.29) is 0 Å². The van der Waals surface area contributed by atoms with Crippen LogP contribution in [0.1, 0.15) is 18.9 Å². The van der Waals surface area contributed by atoms with Crippen molar-refractivity contribution < 1.29 is 0 Å². The molecule has 66 valence electrons. The van der Waals surface area contributed by atoms with E-state index >= 15 is 0 Å². The summed E-state index contributed by atoms with van der Waals surface area (Å²) >= 11 is 0. The standard InChI is InChI=1S/C8H14N4/c1-2-4-11-7(9)6-3-5-12-8(6)10/h3,5,12H,2,4,10H2,1H3,(H2,9,11). The van der Waals surface area contributed by atoms with Crippen molar-refractivity contribution in [2.75, 3.05) is 12.3 Å². The molecule has 1 aromatic heterocycles. The van der Waals surface area contributed by atoms with E-state index in [1.807, 2.05) is 6.07 Å². The van der Waals surface area contributed by atoms with Gasteiger partial charge in [-0.05, 0) is 12.5 Å². The van der Waals surface area contributed by atoms with Gasteiger partial charge in [0.25, 0.3) is 0 Å². The first-order valence-electron chi connectivity index (χ1n) is 3.98. The largest absolute Gasteiger partial charge is 0.385 e. The minimum absolute atomic E-state index is 0.510. The van der Waals surface area contributed by atoms with Crippen LogP contribution in [0.5, 0.6) is 0 Å². The zero-order chi connectivity index (χ0) is 8.97. The van der Waals surface area contributed by atoms with E-state index in [0.717, 1.165) is 18.5 Å². The monoisotopic (exact) mass is 166 g/mol. The summed E-state index contributed by atoms with van der Waals surface area (Å²) in [7, 11) is 0. The topological polar surface area (TPSA) is 80.2 Å². The van der Waals surface area contributed by atoms with E-state index in [1.165, 1.54) is 0 Å². The van der Waals surface area contributed by atoms with Crippen LogP contribution in [-0.4, -0.2) is 17.4 Å². The van der Waals surface area contributed by atoms with Gasteiger partial charge < -0.3 is 16.5 Å². The van der Waals surface area contributed by atoms with Gasteiger partial charge in [0, 0.05) is 12.7 Å². The maximum atomic E-state index is 5.68. The number of hydrogen-bond acceptors (Lipinski definition) is 2. The van der Waals surface area contributed by atoms with Crippen molar-refractivity contribution in [3.05, 3.63) is 17.8 Å². The van der Waals surface area contributed by atoms with Gasteiger partial charge in [0.05, 0.1) is 5.56 Å². The number of nitrogen functional groups attached to an aromatic ring is 1. The Labute approximate surface area is 71.7 Å². The van der Waals surface area contributed by atoms with Gasteiger partial charge in [-0.2, -0.15) is 0 Å². The highest BCUT2D eigenvalue weighted by Crippen LogP contribution is 2.07. The van der Waals surface area contributed by atoms with Crippen LogP contribution in [0.3, 0.4) is 0 Å². The van der Waals surface area contributed by atoms with Gasteiger partial charge in [-0.1, -0.05) is 6.92 Å². The van der Waals surface area contributed by atoms with E-state index in [2.05, 4.69) is 16.9 Å². The Morgan fingerprint density at radius 1 is 1.67 bits per heavy atom. The quantitative estimate of drug-likeness (QED) is 0.456. The number of hydrogen-bond donors (Lipinski definition) is 3. The summed E-state index contributed by atoms with van der Waals surface area (Å²) in [4.78, 5) is 6.98. The number of nitrogens with one attached hydrogen (secondary N) is 1. The number of amidine groups is 1. The average Bonchev–Trinajstić information content (AvgIpc) is 2.47. The molecule has 5 N–H and O–H groups in total. The first-order valence-corrected chi connectivity index (χ1v) is 3.98. The van der Waals surface area contributed by atoms with Crippen LogP contribution in [-0.2, 0) is 0 Å². The molecule has 4 heteroatoms. The summed E-state index contributed by atoms with van der Waals surface area (Å²) in [6.45, 7) is 2.80. The lowest BCUT2D eigenvalue weighted by molar-refractivity contribution is 0.930. The van der Waals surface area contributed by atoms with Gasteiger partial charge >= 0.3 is 0 Å². The summed E-state index contributed by atoms with van der Waals surface area (Å²) in [5.41, 5.74) is 12.1. The average molecular weight is 166 g/mol. The van der Waals surface area contributed by atoms with E-state index in [4.69, 9.17) is 11.5 Å². The summed E-state index contributed by atoms with van der Waals surface area (Å²) < 4.78 is 0. The maximum absolute atomic E-state index is 5.68. The highest BCUT2D eigenvalue weighted by Gasteiger charge is 2.02. The summed E-state index contributed by atoms with van der Waals surface area (Å²) in [5.74, 6) is 1.09. The number of aromatic nitrogens is 1. The Morgan fingerprint density at radius 3 is 2.92 bits per heavy atom. The summed E-state index contributed by atoms with van der Waals surface area (Å²) in [6, 6.07) is 1.82. The molecule has 0 spiro atoms. The van der Waals surface area contributed by atoms with E-state index in [0.29, 0.717) is 11.7 Å². The predicted octanol–water partition coefficient (Wildman–Crippen LogP) is 0.712. The highest BCUT2D eigenvalue weighted by atomic mass is 14.9. The molecular weight excluding hydrogens is 152 g/mol. The Bertz CT molecular complexity index is 274. The van der Waals surface area contributed by atoms with Crippen molar-refractivity contribution in [2.45, 2.75) is 13.3 Å². The molecule has 1 aromatic rings. The van der Waals surface area contributed by atoms with Crippen LogP contribution in [0, 0.1) is 0 Å². The molecule has 0 radical (unpaired) electrons. The zero-order valence-corrected chi connectivity index (χ0v) is 7.17. The molecule has 0 aliphatic heterocycles. The third-order valence-electron chi connectivity index (χ3n) is 1.56. The molecule has 0 aliphatic rings. The molecule has 0 bridgehead atoms. The molecule has 0 saturated heterocycles. The van der Waals surface area contributed by atoms with Crippen molar-refractivity contribution in [1.82, 2.24) is 4.98 Å². The molecule has 12 heavy (non-hydrogen) atoms. The van der Waals surface area contributed by atoms with Crippen molar-refractivity contribution >= 4 is 11.7 Å². The first kappa shape index (κ1) is 8.64. The fourth-order valence-electron chi connectivity index (χ4n) is 0.923. The van der Waals surface area contributed by atoms with Crippen LogP contribution in [0.25, 0.3) is 0 Å².